The van der Waals surface area contributed by atoms with Gasteiger partial charge in [0.05, 0.1) is 21.6 Å². The Morgan fingerprint density at radius 1 is 0.848 bits per heavy atom. The van der Waals surface area contributed by atoms with E-state index in [0.29, 0.717) is 9.13 Å². The lowest BCUT2D eigenvalue weighted by Crippen LogP contribution is -2.12. The topological polar surface area (TPSA) is 142 Å². The van der Waals surface area contributed by atoms with Crippen molar-refractivity contribution in [2.24, 2.45) is 0 Å². The Balaban J connectivity index is 0.000000294. The van der Waals surface area contributed by atoms with Crippen LogP contribution in [0.4, 0.5) is 5.69 Å². The van der Waals surface area contributed by atoms with Crippen molar-refractivity contribution in [2.75, 3.05) is 0 Å². The van der Waals surface area contributed by atoms with Crippen molar-refractivity contribution >= 4 is 46.2 Å². The summed E-state index contributed by atoms with van der Waals surface area (Å²) in [6.45, 7) is 1.86. The molecule has 3 aromatic rings. The quantitative estimate of drug-likeness (QED) is 0.205. The van der Waals surface area contributed by atoms with Crippen LogP contribution in [0.1, 0.15) is 36.6 Å². The molecule has 0 aromatic heterocycles. The molecule has 0 unspecified atom stereocenters. The predicted molar refractivity (Wildman–Crippen MR) is 122 cm³/mol. The number of non-ortho nitro benzene ring substituents is 1. The van der Waals surface area contributed by atoms with Gasteiger partial charge >= 0.3 is 17.9 Å². The number of halogens is 1. The van der Waals surface area contributed by atoms with E-state index < -0.39 is 22.8 Å². The van der Waals surface area contributed by atoms with Crippen LogP contribution in [0, 0.1) is 20.6 Å². The lowest BCUT2D eigenvalue weighted by atomic mass is 10.1. The largest absolute Gasteiger partial charge is 0.387 e. The molecule has 170 valence electrons. The first kappa shape index (κ1) is 25.4. The third-order valence-electron chi connectivity index (χ3n) is 3.94. The summed E-state index contributed by atoms with van der Waals surface area (Å²) in [7, 11) is 0. The lowest BCUT2D eigenvalue weighted by molar-refractivity contribution is -0.384. The third-order valence-corrected chi connectivity index (χ3v) is 4.88. The lowest BCUT2D eigenvalue weighted by Gasteiger charge is -2.04. The van der Waals surface area contributed by atoms with Gasteiger partial charge in [0.15, 0.2) is 0 Å². The Labute approximate surface area is 200 Å². The van der Waals surface area contributed by atoms with E-state index in [2.05, 4.69) is 14.7 Å². The molecule has 0 saturated heterocycles. The molecule has 10 nitrogen and oxygen atoms in total. The van der Waals surface area contributed by atoms with Crippen molar-refractivity contribution in [3.63, 3.8) is 0 Å². The van der Waals surface area contributed by atoms with E-state index in [4.69, 9.17) is 5.26 Å². The smallest absolute Gasteiger partial charge is 0.296 e. The average Bonchev–Trinajstić information content (AvgIpc) is 2.82. The second kappa shape index (κ2) is 12.3. The van der Waals surface area contributed by atoms with E-state index in [1.165, 1.54) is 18.2 Å². The van der Waals surface area contributed by atoms with Crippen LogP contribution in [0.2, 0.25) is 0 Å². The number of aryl methyl sites for hydroxylation is 1. The zero-order valence-electron chi connectivity index (χ0n) is 17.0. The molecular formula is C22H16INO9. The molecule has 0 amide bonds. The minimum absolute atomic E-state index is 0.0289. The van der Waals surface area contributed by atoms with Gasteiger partial charge < -0.3 is 0 Å². The number of carbonyl (C=O) groups excluding carboxylic acids is 3. The fraction of sp³-hybridized carbons (Fsp3) is 0.0455. The van der Waals surface area contributed by atoms with E-state index in [0.717, 1.165) is 17.7 Å². The van der Waals surface area contributed by atoms with Crippen LogP contribution in [0.5, 0.6) is 0 Å². The van der Waals surface area contributed by atoms with Crippen LogP contribution in [0.3, 0.4) is 0 Å². The molecule has 0 saturated carbocycles. The van der Waals surface area contributed by atoms with Gasteiger partial charge in [-0.1, -0.05) is 29.8 Å². The van der Waals surface area contributed by atoms with Crippen LogP contribution in [0.25, 0.3) is 0 Å². The van der Waals surface area contributed by atoms with Crippen molar-refractivity contribution in [2.45, 2.75) is 6.92 Å². The number of nitrogens with zero attached hydrogens (tertiary/aromatic N) is 1. The molecule has 0 bridgehead atoms. The normalized spacial score (nSPS) is 9.67. The summed E-state index contributed by atoms with van der Waals surface area (Å²) in [5.41, 5.74) is 1.44. The van der Waals surface area contributed by atoms with Gasteiger partial charge in [-0.2, -0.15) is 5.26 Å². The van der Waals surface area contributed by atoms with Crippen LogP contribution < -0.4 is 0 Å². The van der Waals surface area contributed by atoms with E-state index in [9.17, 15) is 24.5 Å². The Morgan fingerprint density at radius 2 is 1.48 bits per heavy atom. The highest BCUT2D eigenvalue weighted by Gasteiger charge is 2.17. The summed E-state index contributed by atoms with van der Waals surface area (Å²) in [5.74, 6) is -2.46. The molecule has 3 rings (SSSR count). The minimum atomic E-state index is -0.922. The summed E-state index contributed by atoms with van der Waals surface area (Å²) in [5, 5.41) is 18.5. The molecule has 33 heavy (non-hydrogen) atoms. The fourth-order valence-corrected chi connectivity index (χ4v) is 2.95. The first-order chi connectivity index (χ1) is 15.7. The molecule has 0 aliphatic heterocycles. The molecule has 0 atom stereocenters. The maximum atomic E-state index is 11.8. The highest BCUT2D eigenvalue weighted by atomic mass is 127. The molecule has 0 fully saturated rings. The molecule has 0 spiro atoms. The van der Waals surface area contributed by atoms with Crippen LogP contribution in [-0.2, 0) is 14.7 Å². The molecule has 0 radical (unpaired) electrons. The van der Waals surface area contributed by atoms with Crippen molar-refractivity contribution in [1.82, 2.24) is 0 Å². The average molecular weight is 565 g/mol. The standard InChI is InChI=1S/C14H8INO6.C8H8O3/c15-12-4-2-1-3-11(12)14(18)22-21-13(17)9-5-7-10(8-6-9)16(19)20;1-6-3-2-4-7(5-6)8(9)11-10/h1-8H;2-5,10H,1H3. The monoisotopic (exact) mass is 565 g/mol. The molecule has 0 aliphatic rings. The van der Waals surface area contributed by atoms with Crippen molar-refractivity contribution in [3.8, 4) is 0 Å². The van der Waals surface area contributed by atoms with E-state index in [-0.39, 0.29) is 16.8 Å². The molecular weight excluding hydrogens is 549 g/mol. The zero-order valence-corrected chi connectivity index (χ0v) is 19.1. The SMILES string of the molecule is Cc1cccc(C(=O)OO)c1.O=C(OOC(=O)c1ccccc1I)c1ccc([N+](=O)[O-])cc1. The number of hydrogen-bond acceptors (Lipinski definition) is 9. The van der Waals surface area contributed by atoms with E-state index >= 15 is 0 Å². The second-order valence-corrected chi connectivity index (χ2v) is 7.44. The fourth-order valence-electron chi connectivity index (χ4n) is 2.34. The summed E-state index contributed by atoms with van der Waals surface area (Å²) < 4.78 is 0.650. The number of benzene rings is 3. The Hall–Kier alpha value is -3.84. The van der Waals surface area contributed by atoms with Crippen LogP contribution in [0.15, 0.2) is 72.8 Å². The predicted octanol–water partition coefficient (Wildman–Crippen LogP) is 4.75. The van der Waals surface area contributed by atoms with Crippen molar-refractivity contribution in [3.05, 3.63) is 109 Å². The Kier molecular flexibility index (Phi) is 9.45. The number of hydrogen-bond donors (Lipinski definition) is 1. The first-order valence-electron chi connectivity index (χ1n) is 9.07. The summed E-state index contributed by atoms with van der Waals surface area (Å²) in [6, 6.07) is 18.1. The second-order valence-electron chi connectivity index (χ2n) is 6.27. The highest BCUT2D eigenvalue weighted by Crippen LogP contribution is 2.15. The number of carbonyl (C=O) groups is 3. The maximum absolute atomic E-state index is 11.8. The molecule has 3 aromatic carbocycles. The van der Waals surface area contributed by atoms with Crippen LogP contribution in [-0.4, -0.2) is 28.1 Å². The van der Waals surface area contributed by atoms with Gasteiger partial charge in [-0.05, 0) is 65.9 Å². The van der Waals surface area contributed by atoms with Crippen molar-refractivity contribution in [1.29, 1.82) is 0 Å². The van der Waals surface area contributed by atoms with Gasteiger partial charge in [-0.25, -0.2) is 24.2 Å². The minimum Gasteiger partial charge on any atom is -0.296 e. The molecule has 11 heteroatoms. The highest BCUT2D eigenvalue weighted by molar-refractivity contribution is 14.1. The van der Waals surface area contributed by atoms with Gasteiger partial charge in [0.25, 0.3) is 5.69 Å². The molecule has 0 aliphatic carbocycles. The zero-order chi connectivity index (χ0) is 24.4. The summed E-state index contributed by atoms with van der Waals surface area (Å²) in [4.78, 5) is 56.5. The van der Waals surface area contributed by atoms with Gasteiger partial charge in [0.1, 0.15) is 0 Å². The van der Waals surface area contributed by atoms with Crippen LogP contribution >= 0.6 is 22.6 Å². The Bertz CT molecular complexity index is 1160. The van der Waals surface area contributed by atoms with Crippen molar-refractivity contribution < 1.29 is 39.2 Å². The van der Waals surface area contributed by atoms with E-state index in [1.54, 1.807) is 36.4 Å². The van der Waals surface area contributed by atoms with Gasteiger partial charge in [-0.3, -0.25) is 15.0 Å². The third kappa shape index (κ3) is 7.66. The number of nitro benzene ring substituents is 1. The molecule has 1 N–H and O–H groups in total. The first-order valence-corrected chi connectivity index (χ1v) is 10.2. The maximum Gasteiger partial charge on any atom is 0.387 e. The van der Waals surface area contributed by atoms with Gasteiger partial charge in [-0.15, -0.1) is 0 Å². The van der Waals surface area contributed by atoms with Gasteiger partial charge in [0, 0.05) is 15.7 Å². The molecule has 0 heterocycles. The van der Waals surface area contributed by atoms with Gasteiger partial charge in [0.2, 0.25) is 0 Å². The van der Waals surface area contributed by atoms with E-state index in [1.807, 2.05) is 35.6 Å². The summed E-state index contributed by atoms with van der Waals surface area (Å²) in [6.07, 6.45) is 0. The number of rotatable bonds is 4. The summed E-state index contributed by atoms with van der Waals surface area (Å²) >= 11 is 1.95. The number of nitro groups is 1. The Morgan fingerprint density at radius 3 is 2.06 bits per heavy atom.